The molecule has 2 N–H and O–H groups in total. The Kier molecular flexibility index (Phi) is 6.79. The molecule has 0 aliphatic heterocycles. The monoisotopic (exact) mass is 410 g/mol. The minimum atomic E-state index is -0.372. The third kappa shape index (κ3) is 5.12. The van der Waals surface area contributed by atoms with Crippen LogP contribution in [0.4, 0.5) is 10.8 Å². The lowest BCUT2D eigenvalue weighted by molar-refractivity contribution is -0.115. The van der Waals surface area contributed by atoms with Crippen LogP contribution in [0.25, 0.3) is 0 Å². The van der Waals surface area contributed by atoms with Gasteiger partial charge in [0.2, 0.25) is 11.0 Å². The number of nitrogens with zero attached hydrogens (tertiary/aromatic N) is 2. The fraction of sp³-hybridized carbons (Fsp3) is 0.308. The molecule has 23 heavy (non-hydrogen) atoms. The molecule has 124 valence electrons. The summed E-state index contributed by atoms with van der Waals surface area (Å²) in [6.07, 6.45) is 0. The summed E-state index contributed by atoms with van der Waals surface area (Å²) in [6, 6.07) is 3.02. The minimum absolute atomic E-state index is 0.213. The Bertz CT molecular complexity index is 711. The number of thioether (sulfide) groups is 1. The highest BCUT2D eigenvalue weighted by Gasteiger charge is 2.19. The molecule has 0 fully saturated rings. The van der Waals surface area contributed by atoms with Gasteiger partial charge in [0.15, 0.2) is 4.34 Å². The van der Waals surface area contributed by atoms with Crippen molar-refractivity contribution in [2.24, 2.45) is 0 Å². The first-order valence-electron chi connectivity index (χ1n) is 6.60. The summed E-state index contributed by atoms with van der Waals surface area (Å²) in [6.45, 7) is 4.52. The van der Waals surface area contributed by atoms with Crippen molar-refractivity contribution in [3.63, 3.8) is 0 Å². The van der Waals surface area contributed by atoms with E-state index in [0.29, 0.717) is 25.1 Å². The number of rotatable bonds is 6. The zero-order chi connectivity index (χ0) is 17.0. The van der Waals surface area contributed by atoms with Crippen LogP contribution in [0.3, 0.4) is 0 Å². The quantitative estimate of drug-likeness (QED) is 0.514. The highest BCUT2D eigenvalue weighted by molar-refractivity contribution is 8.02. The van der Waals surface area contributed by atoms with Crippen molar-refractivity contribution in [3.05, 3.63) is 27.2 Å². The van der Waals surface area contributed by atoms with Gasteiger partial charge in [-0.25, -0.2) is 0 Å². The maximum absolute atomic E-state index is 12.3. The van der Waals surface area contributed by atoms with E-state index in [0.717, 1.165) is 11.7 Å². The van der Waals surface area contributed by atoms with Crippen molar-refractivity contribution in [2.45, 2.75) is 23.4 Å². The van der Waals surface area contributed by atoms with Crippen molar-refractivity contribution in [1.82, 2.24) is 10.2 Å². The van der Waals surface area contributed by atoms with Crippen molar-refractivity contribution < 1.29 is 4.79 Å². The summed E-state index contributed by atoms with van der Waals surface area (Å²) >= 11 is 20.6. The lowest BCUT2D eigenvalue weighted by Gasteiger charge is -2.12. The Labute approximate surface area is 157 Å². The molecule has 10 heteroatoms. The zero-order valence-electron chi connectivity index (χ0n) is 12.2. The highest BCUT2D eigenvalue weighted by Crippen LogP contribution is 2.33. The van der Waals surface area contributed by atoms with Crippen LogP contribution < -0.4 is 10.6 Å². The lowest BCUT2D eigenvalue weighted by atomic mass is 10.3. The van der Waals surface area contributed by atoms with Gasteiger partial charge in [-0.05, 0) is 26.0 Å². The van der Waals surface area contributed by atoms with Gasteiger partial charge in [0.1, 0.15) is 0 Å². The Morgan fingerprint density at radius 1 is 1.26 bits per heavy atom. The molecule has 2 aromatic rings. The Balaban J connectivity index is 2.00. The van der Waals surface area contributed by atoms with E-state index < -0.39 is 0 Å². The van der Waals surface area contributed by atoms with Gasteiger partial charge < -0.3 is 10.6 Å². The first-order chi connectivity index (χ1) is 10.9. The highest BCUT2D eigenvalue weighted by atomic mass is 35.5. The molecule has 2 rings (SSSR count). The van der Waals surface area contributed by atoms with E-state index in [1.165, 1.54) is 35.2 Å². The van der Waals surface area contributed by atoms with Gasteiger partial charge in [-0.2, -0.15) is 0 Å². The molecule has 0 saturated heterocycles. The molecule has 0 unspecified atom stereocenters. The standard InChI is InChI=1S/C13H13Cl3N4OS2/c1-3-17-12-19-20-13(23-12)22-6(2)11(21)18-10-5-8(15)7(14)4-9(10)16/h4-6H,3H2,1-2H3,(H,17,19)(H,18,21)/t6-/m1/s1. The molecule has 0 aliphatic rings. The second-order valence-electron chi connectivity index (χ2n) is 4.40. The largest absolute Gasteiger partial charge is 0.360 e. The van der Waals surface area contributed by atoms with Gasteiger partial charge in [0, 0.05) is 6.54 Å². The van der Waals surface area contributed by atoms with Crippen LogP contribution in [-0.4, -0.2) is 27.9 Å². The van der Waals surface area contributed by atoms with E-state index in [-0.39, 0.29) is 11.2 Å². The van der Waals surface area contributed by atoms with Gasteiger partial charge >= 0.3 is 0 Å². The molecule has 1 heterocycles. The summed E-state index contributed by atoms with van der Waals surface area (Å²) in [7, 11) is 0. The number of carbonyl (C=O) groups is 1. The smallest absolute Gasteiger partial charge is 0.237 e. The number of amides is 1. The van der Waals surface area contributed by atoms with Crippen LogP contribution in [-0.2, 0) is 4.79 Å². The number of hydrogen-bond donors (Lipinski definition) is 2. The average molecular weight is 412 g/mol. The molecule has 1 aromatic heterocycles. The van der Waals surface area contributed by atoms with Crippen LogP contribution in [0.1, 0.15) is 13.8 Å². The fourth-order valence-corrected chi connectivity index (χ4v) is 4.10. The zero-order valence-corrected chi connectivity index (χ0v) is 16.1. The Morgan fingerprint density at radius 2 is 1.96 bits per heavy atom. The van der Waals surface area contributed by atoms with Crippen molar-refractivity contribution in [2.75, 3.05) is 17.2 Å². The molecule has 0 spiro atoms. The molecule has 0 saturated carbocycles. The first-order valence-corrected chi connectivity index (χ1v) is 9.43. The SMILES string of the molecule is CCNc1nnc(S[C@H](C)C(=O)Nc2cc(Cl)c(Cl)cc2Cl)s1. The van der Waals surface area contributed by atoms with E-state index in [1.54, 1.807) is 6.92 Å². The number of carbonyl (C=O) groups excluding carboxylic acids is 1. The Hall–Kier alpha value is -0.730. The number of nitrogens with one attached hydrogen (secondary N) is 2. The maximum atomic E-state index is 12.3. The minimum Gasteiger partial charge on any atom is -0.360 e. The summed E-state index contributed by atoms with van der Waals surface area (Å²) in [5.74, 6) is -0.213. The van der Waals surface area contributed by atoms with Crippen LogP contribution in [0, 0.1) is 0 Å². The molecule has 0 aliphatic carbocycles. The van der Waals surface area contributed by atoms with Crippen molar-refractivity contribution >= 4 is 74.6 Å². The lowest BCUT2D eigenvalue weighted by Crippen LogP contribution is -2.22. The van der Waals surface area contributed by atoms with Crippen molar-refractivity contribution in [1.29, 1.82) is 0 Å². The Morgan fingerprint density at radius 3 is 2.65 bits per heavy atom. The van der Waals surface area contributed by atoms with Crippen LogP contribution in [0.5, 0.6) is 0 Å². The van der Waals surface area contributed by atoms with Crippen LogP contribution in [0.15, 0.2) is 16.5 Å². The maximum Gasteiger partial charge on any atom is 0.237 e. The second-order valence-corrected chi connectivity index (χ2v) is 8.19. The normalized spacial score (nSPS) is 12.0. The van der Waals surface area contributed by atoms with Crippen LogP contribution >= 0.6 is 57.9 Å². The van der Waals surface area contributed by atoms with Gasteiger partial charge in [0.05, 0.1) is 26.0 Å². The first kappa shape index (κ1) is 18.6. The number of anilines is 2. The van der Waals surface area contributed by atoms with Gasteiger partial charge in [-0.3, -0.25) is 4.79 Å². The summed E-state index contributed by atoms with van der Waals surface area (Å²) in [5.41, 5.74) is 0.420. The number of benzene rings is 1. The van der Waals surface area contributed by atoms with E-state index in [2.05, 4.69) is 20.8 Å². The van der Waals surface area contributed by atoms with Gasteiger partial charge in [0.25, 0.3) is 0 Å². The van der Waals surface area contributed by atoms with E-state index in [9.17, 15) is 4.79 Å². The fourth-order valence-electron chi connectivity index (χ4n) is 1.54. The molecule has 1 atom stereocenters. The third-order valence-corrected chi connectivity index (χ3v) is 5.75. The number of hydrogen-bond acceptors (Lipinski definition) is 6. The predicted molar refractivity (Wildman–Crippen MR) is 99.5 cm³/mol. The van der Waals surface area contributed by atoms with Crippen LogP contribution in [0.2, 0.25) is 15.1 Å². The molecular formula is C13H13Cl3N4OS2. The van der Waals surface area contributed by atoms with E-state index in [1.807, 2.05) is 6.92 Å². The molecule has 1 aromatic carbocycles. The summed E-state index contributed by atoms with van der Waals surface area (Å²) in [5, 5.41) is 15.2. The molecule has 5 nitrogen and oxygen atoms in total. The second kappa shape index (κ2) is 8.39. The van der Waals surface area contributed by atoms with Gasteiger partial charge in [-0.1, -0.05) is 57.9 Å². The topological polar surface area (TPSA) is 66.9 Å². The third-order valence-electron chi connectivity index (χ3n) is 2.65. The number of halogens is 3. The number of aromatic nitrogens is 2. The van der Waals surface area contributed by atoms with E-state index >= 15 is 0 Å². The summed E-state index contributed by atoms with van der Waals surface area (Å²) < 4.78 is 0.712. The summed E-state index contributed by atoms with van der Waals surface area (Å²) in [4.78, 5) is 12.3. The average Bonchev–Trinajstić information content (AvgIpc) is 2.92. The predicted octanol–water partition coefficient (Wildman–Crippen LogP) is 5.05. The molecular weight excluding hydrogens is 399 g/mol. The van der Waals surface area contributed by atoms with Crippen molar-refractivity contribution in [3.8, 4) is 0 Å². The van der Waals surface area contributed by atoms with E-state index in [4.69, 9.17) is 34.8 Å². The van der Waals surface area contributed by atoms with Gasteiger partial charge in [-0.15, -0.1) is 10.2 Å². The molecule has 1 amide bonds. The molecule has 0 radical (unpaired) electrons. The molecule has 0 bridgehead atoms.